The maximum Gasteiger partial charge on any atom is 0.407 e. The summed E-state index contributed by atoms with van der Waals surface area (Å²) in [4.78, 5) is 35.4. The number of ether oxygens (including phenoxy) is 2. The maximum absolute atomic E-state index is 12.3. The van der Waals surface area contributed by atoms with Crippen LogP contribution >= 0.6 is 0 Å². The Hall–Kier alpha value is -3.43. The summed E-state index contributed by atoms with van der Waals surface area (Å²) in [5.74, 6) is -1.95. The zero-order valence-corrected chi connectivity index (χ0v) is 17.9. The highest BCUT2D eigenvalue weighted by molar-refractivity contribution is 5.86. The van der Waals surface area contributed by atoms with Crippen molar-refractivity contribution in [1.82, 2.24) is 10.6 Å². The number of rotatable bonds is 8. The quantitative estimate of drug-likeness (QED) is 0.476. The van der Waals surface area contributed by atoms with Crippen molar-refractivity contribution in [2.45, 2.75) is 37.0 Å². The van der Waals surface area contributed by atoms with Crippen LogP contribution in [0.2, 0.25) is 0 Å². The number of fused-ring (bicyclic) bond motifs is 3. The zero-order chi connectivity index (χ0) is 23.4. The molecule has 0 spiro atoms. The van der Waals surface area contributed by atoms with Gasteiger partial charge in [0.15, 0.2) is 0 Å². The molecule has 4 rings (SSSR count). The summed E-state index contributed by atoms with van der Waals surface area (Å²) in [7, 11) is 0. The first-order chi connectivity index (χ1) is 16.0. The Morgan fingerprint density at radius 3 is 2.27 bits per heavy atom. The molecule has 2 aromatic rings. The van der Waals surface area contributed by atoms with Crippen LogP contribution in [0.4, 0.5) is 4.79 Å². The molecule has 174 valence electrons. The number of carboxylic acid groups (broad SMARTS) is 1. The Kier molecular flexibility index (Phi) is 6.90. The highest BCUT2D eigenvalue weighted by atomic mass is 16.5. The van der Waals surface area contributed by atoms with Crippen LogP contribution in [0, 0.1) is 0 Å². The molecule has 1 fully saturated rings. The van der Waals surface area contributed by atoms with Gasteiger partial charge in [-0.2, -0.15) is 0 Å². The molecule has 1 saturated heterocycles. The zero-order valence-electron chi connectivity index (χ0n) is 17.9. The second kappa shape index (κ2) is 10.0. The van der Waals surface area contributed by atoms with Crippen molar-refractivity contribution < 1.29 is 34.1 Å². The van der Waals surface area contributed by atoms with Gasteiger partial charge in [-0.15, -0.1) is 0 Å². The summed E-state index contributed by atoms with van der Waals surface area (Å²) < 4.78 is 11.1. The monoisotopic (exact) mass is 454 g/mol. The minimum atomic E-state index is -1.38. The number of benzene rings is 2. The number of aliphatic hydroxyl groups excluding tert-OH is 1. The van der Waals surface area contributed by atoms with Crippen molar-refractivity contribution in [1.29, 1.82) is 0 Å². The van der Waals surface area contributed by atoms with Gasteiger partial charge in [0, 0.05) is 12.5 Å². The first kappa shape index (κ1) is 22.8. The molecule has 3 atom stereocenters. The molecule has 9 nitrogen and oxygen atoms in total. The fraction of sp³-hybridized carbons (Fsp3) is 0.375. The summed E-state index contributed by atoms with van der Waals surface area (Å²) in [5, 5.41) is 22.9. The first-order valence-electron chi connectivity index (χ1n) is 10.9. The molecule has 0 saturated carbocycles. The summed E-state index contributed by atoms with van der Waals surface area (Å²) in [5.41, 5.74) is 4.55. The molecule has 9 heteroatoms. The summed E-state index contributed by atoms with van der Waals surface area (Å²) >= 11 is 0. The van der Waals surface area contributed by atoms with Crippen LogP contribution in [0.25, 0.3) is 11.1 Å². The van der Waals surface area contributed by atoms with Gasteiger partial charge in [-0.1, -0.05) is 48.5 Å². The minimum absolute atomic E-state index is 0.0346. The minimum Gasteiger partial charge on any atom is -0.480 e. The Balaban J connectivity index is 1.25. The molecular formula is C24H26N2O7. The predicted molar refractivity (Wildman–Crippen MR) is 118 cm³/mol. The molecule has 33 heavy (non-hydrogen) atoms. The van der Waals surface area contributed by atoms with Gasteiger partial charge in [-0.25, -0.2) is 9.59 Å². The largest absolute Gasteiger partial charge is 0.480 e. The summed E-state index contributed by atoms with van der Waals surface area (Å²) in [6.07, 6.45) is -0.870. The van der Waals surface area contributed by atoms with Crippen LogP contribution in [-0.4, -0.2) is 66.2 Å². The number of aliphatic hydroxyl groups is 1. The lowest BCUT2D eigenvalue weighted by Gasteiger charge is -2.17. The molecule has 2 aliphatic rings. The number of alkyl carbamates (subject to hydrolysis) is 1. The number of carboxylic acids is 1. The van der Waals surface area contributed by atoms with Gasteiger partial charge < -0.3 is 30.3 Å². The van der Waals surface area contributed by atoms with Gasteiger partial charge in [0.05, 0.1) is 12.7 Å². The van der Waals surface area contributed by atoms with Crippen molar-refractivity contribution in [3.63, 3.8) is 0 Å². The van der Waals surface area contributed by atoms with Crippen LogP contribution in [-0.2, 0) is 19.1 Å². The second-order valence-corrected chi connectivity index (χ2v) is 8.11. The highest BCUT2D eigenvalue weighted by Crippen LogP contribution is 2.44. The molecule has 2 amide bonds. The molecule has 4 N–H and O–H groups in total. The number of carbonyl (C=O) groups excluding carboxylic acids is 2. The first-order valence-corrected chi connectivity index (χ1v) is 10.9. The third-order valence-electron chi connectivity index (χ3n) is 6.01. The number of carbonyl (C=O) groups is 3. The van der Waals surface area contributed by atoms with E-state index < -0.39 is 42.8 Å². The van der Waals surface area contributed by atoms with Gasteiger partial charge in [-0.3, -0.25) is 4.79 Å². The molecule has 1 aliphatic carbocycles. The molecule has 2 unspecified atom stereocenters. The summed E-state index contributed by atoms with van der Waals surface area (Å²) in [6.45, 7) is -0.336. The van der Waals surface area contributed by atoms with Gasteiger partial charge in [-0.05, 0) is 35.1 Å². The molecule has 1 heterocycles. The van der Waals surface area contributed by atoms with Crippen molar-refractivity contribution >= 4 is 18.0 Å². The van der Waals surface area contributed by atoms with Crippen molar-refractivity contribution in [2.24, 2.45) is 0 Å². The molecule has 0 radical (unpaired) electrons. The van der Waals surface area contributed by atoms with E-state index >= 15 is 0 Å². The van der Waals surface area contributed by atoms with Crippen LogP contribution in [0.1, 0.15) is 29.9 Å². The Bertz CT molecular complexity index is 995. The molecular weight excluding hydrogens is 428 g/mol. The summed E-state index contributed by atoms with van der Waals surface area (Å²) in [6, 6.07) is 14.8. The van der Waals surface area contributed by atoms with Gasteiger partial charge >= 0.3 is 12.1 Å². The smallest absolute Gasteiger partial charge is 0.407 e. The lowest BCUT2D eigenvalue weighted by atomic mass is 9.98. The molecule has 0 bridgehead atoms. The van der Waals surface area contributed by atoms with E-state index in [1.54, 1.807) is 0 Å². The van der Waals surface area contributed by atoms with E-state index in [1.165, 1.54) is 0 Å². The van der Waals surface area contributed by atoms with Crippen LogP contribution in [0.15, 0.2) is 48.5 Å². The molecule has 1 aliphatic heterocycles. The van der Waals surface area contributed by atoms with E-state index in [1.807, 2.05) is 36.4 Å². The molecule has 2 aromatic carbocycles. The average molecular weight is 454 g/mol. The topological polar surface area (TPSA) is 134 Å². The Labute approximate surface area is 190 Å². The second-order valence-electron chi connectivity index (χ2n) is 8.11. The highest BCUT2D eigenvalue weighted by Gasteiger charge is 2.33. The number of hydrogen-bond acceptors (Lipinski definition) is 6. The van der Waals surface area contributed by atoms with Crippen LogP contribution in [0.5, 0.6) is 0 Å². The standard InChI is InChI=1S/C24H26N2O7/c27-12-20(23(29)30)26-22(28)21-10-9-14(33-21)11-25-24(31)32-13-19-17-7-3-1-5-15(17)16-6-2-4-8-18(16)19/h1-8,14,19-21,27H,9-13H2,(H,25,31)(H,26,28)(H,29,30)/t14?,20-,21?/m0/s1. The number of amides is 2. The van der Waals surface area contributed by atoms with E-state index in [0.717, 1.165) is 22.3 Å². The van der Waals surface area contributed by atoms with Crippen molar-refractivity contribution in [3.8, 4) is 11.1 Å². The lowest BCUT2D eigenvalue weighted by molar-refractivity contribution is -0.145. The number of hydrogen-bond donors (Lipinski definition) is 4. The average Bonchev–Trinajstić information content (AvgIpc) is 3.42. The van der Waals surface area contributed by atoms with E-state index in [2.05, 4.69) is 22.8 Å². The third kappa shape index (κ3) is 4.99. The number of nitrogens with one attached hydrogen (secondary N) is 2. The Morgan fingerprint density at radius 2 is 1.67 bits per heavy atom. The fourth-order valence-electron chi connectivity index (χ4n) is 4.35. The van der Waals surface area contributed by atoms with Crippen molar-refractivity contribution in [3.05, 3.63) is 59.7 Å². The van der Waals surface area contributed by atoms with Gasteiger partial charge in [0.1, 0.15) is 18.8 Å². The third-order valence-corrected chi connectivity index (χ3v) is 6.01. The van der Waals surface area contributed by atoms with E-state index in [4.69, 9.17) is 19.7 Å². The predicted octanol–water partition coefficient (Wildman–Crippen LogP) is 1.63. The fourth-order valence-corrected chi connectivity index (χ4v) is 4.35. The van der Waals surface area contributed by atoms with Crippen LogP contribution in [0.3, 0.4) is 0 Å². The van der Waals surface area contributed by atoms with E-state index in [-0.39, 0.29) is 19.1 Å². The van der Waals surface area contributed by atoms with Gasteiger partial charge in [0.2, 0.25) is 5.91 Å². The van der Waals surface area contributed by atoms with Crippen LogP contribution < -0.4 is 10.6 Å². The van der Waals surface area contributed by atoms with E-state index in [0.29, 0.717) is 12.8 Å². The molecule has 0 aromatic heterocycles. The normalized spacial score (nSPS) is 19.9. The Morgan fingerprint density at radius 1 is 1.03 bits per heavy atom. The van der Waals surface area contributed by atoms with Crippen molar-refractivity contribution in [2.75, 3.05) is 19.8 Å². The maximum atomic E-state index is 12.3. The number of aliphatic carboxylic acids is 1. The van der Waals surface area contributed by atoms with E-state index in [9.17, 15) is 14.4 Å². The lowest BCUT2D eigenvalue weighted by Crippen LogP contribution is -2.47. The SMILES string of the molecule is O=C(NCC1CCC(C(=O)N[C@@H](CO)C(=O)O)O1)OCC1c2ccccc2-c2ccccc21. The van der Waals surface area contributed by atoms with Gasteiger partial charge in [0.25, 0.3) is 0 Å².